The van der Waals surface area contributed by atoms with Crippen molar-refractivity contribution in [3.63, 3.8) is 0 Å². The first-order valence-corrected chi connectivity index (χ1v) is 5.88. The molecule has 0 saturated carbocycles. The van der Waals surface area contributed by atoms with E-state index in [0.29, 0.717) is 0 Å². The third-order valence-corrected chi connectivity index (χ3v) is 3.17. The zero-order chi connectivity index (χ0) is 11.8. The topological polar surface area (TPSA) is 37.8 Å². The lowest BCUT2D eigenvalue weighted by Crippen LogP contribution is -2.00. The van der Waals surface area contributed by atoms with Crippen LogP contribution in [0, 0.1) is 13.8 Å². The van der Waals surface area contributed by atoms with Gasteiger partial charge in [-0.25, -0.2) is 9.97 Å². The van der Waals surface area contributed by atoms with E-state index in [-0.39, 0.29) is 0 Å². The highest BCUT2D eigenvalue weighted by Gasteiger charge is 2.16. The Hall–Kier alpha value is -1.74. The van der Waals surface area contributed by atoms with Crippen molar-refractivity contribution < 1.29 is 0 Å². The first-order valence-electron chi connectivity index (χ1n) is 5.88. The fraction of sp³-hybridized carbons (Fsp3) is 0.286. The molecule has 0 aliphatic carbocycles. The molecule has 0 spiro atoms. The molecule has 0 amide bonds. The molecule has 0 fully saturated rings. The van der Waals surface area contributed by atoms with Gasteiger partial charge in [-0.05, 0) is 19.9 Å². The van der Waals surface area contributed by atoms with E-state index in [9.17, 15) is 0 Å². The molecule has 3 heteroatoms. The normalized spacial score (nSPS) is 13.8. The second kappa shape index (κ2) is 3.93. The highest BCUT2D eigenvalue weighted by atomic mass is 15.0. The number of aryl methyl sites for hydroxylation is 2. The fourth-order valence-corrected chi connectivity index (χ4v) is 2.25. The fourth-order valence-electron chi connectivity index (χ4n) is 2.25. The van der Waals surface area contributed by atoms with Gasteiger partial charge in [0.15, 0.2) is 5.82 Å². The van der Waals surface area contributed by atoms with Crippen molar-refractivity contribution in [1.29, 1.82) is 0 Å². The Labute approximate surface area is 101 Å². The molecule has 0 unspecified atom stereocenters. The van der Waals surface area contributed by atoms with Crippen molar-refractivity contribution >= 4 is 0 Å². The van der Waals surface area contributed by atoms with Crippen molar-refractivity contribution in [2.45, 2.75) is 26.9 Å². The number of rotatable bonds is 1. The zero-order valence-electron chi connectivity index (χ0n) is 10.1. The molecule has 1 N–H and O–H groups in total. The van der Waals surface area contributed by atoms with Gasteiger partial charge in [-0.1, -0.05) is 23.8 Å². The molecule has 1 aliphatic heterocycles. The lowest BCUT2D eigenvalue weighted by molar-refractivity contribution is 0.757. The Morgan fingerprint density at radius 3 is 2.82 bits per heavy atom. The maximum Gasteiger partial charge on any atom is 0.159 e. The average molecular weight is 225 g/mol. The summed E-state index contributed by atoms with van der Waals surface area (Å²) in [4.78, 5) is 9.26. The molecule has 86 valence electrons. The molecule has 0 saturated heterocycles. The number of hydrogen-bond donors (Lipinski definition) is 1. The smallest absolute Gasteiger partial charge is 0.159 e. The lowest BCUT2D eigenvalue weighted by atomic mass is 10.1. The van der Waals surface area contributed by atoms with Crippen LogP contribution in [-0.2, 0) is 13.1 Å². The highest BCUT2D eigenvalue weighted by molar-refractivity contribution is 5.57. The summed E-state index contributed by atoms with van der Waals surface area (Å²) in [6.07, 6.45) is 0. The van der Waals surface area contributed by atoms with Crippen LogP contribution in [0.2, 0.25) is 0 Å². The minimum atomic E-state index is 0.841. The monoisotopic (exact) mass is 225 g/mol. The summed E-state index contributed by atoms with van der Waals surface area (Å²) in [5.41, 5.74) is 5.84. The SMILES string of the molecule is Cc1cccc(-c2nc(C)c3c(n2)CNC3)c1. The summed E-state index contributed by atoms with van der Waals surface area (Å²) in [7, 11) is 0. The van der Waals surface area contributed by atoms with Crippen molar-refractivity contribution in [3.8, 4) is 11.4 Å². The predicted octanol–water partition coefficient (Wildman–Crippen LogP) is 2.36. The number of hydrogen-bond acceptors (Lipinski definition) is 3. The summed E-state index contributed by atoms with van der Waals surface area (Å²) < 4.78 is 0. The van der Waals surface area contributed by atoms with E-state index in [4.69, 9.17) is 0 Å². The molecule has 0 bridgehead atoms. The molecule has 0 atom stereocenters. The van der Waals surface area contributed by atoms with Gasteiger partial charge in [-0.15, -0.1) is 0 Å². The average Bonchev–Trinajstić information content (AvgIpc) is 2.77. The summed E-state index contributed by atoms with van der Waals surface area (Å²) in [5, 5.41) is 3.32. The Morgan fingerprint density at radius 2 is 2.00 bits per heavy atom. The Kier molecular flexibility index (Phi) is 2.41. The standard InChI is InChI=1S/C14H15N3/c1-9-4-3-5-11(6-9)14-16-10(2)12-7-15-8-13(12)17-14/h3-6,15H,7-8H2,1-2H3. The number of fused-ring (bicyclic) bond motifs is 1. The Bertz CT molecular complexity index is 576. The van der Waals surface area contributed by atoms with Crippen molar-refractivity contribution in [3.05, 3.63) is 46.8 Å². The van der Waals surface area contributed by atoms with Crippen LogP contribution >= 0.6 is 0 Å². The second-order valence-corrected chi connectivity index (χ2v) is 4.53. The van der Waals surface area contributed by atoms with Gasteiger partial charge in [0.05, 0.1) is 5.69 Å². The van der Waals surface area contributed by atoms with Crippen LogP contribution in [0.15, 0.2) is 24.3 Å². The minimum Gasteiger partial charge on any atom is -0.307 e. The molecule has 0 radical (unpaired) electrons. The van der Waals surface area contributed by atoms with Crippen molar-refractivity contribution in [2.75, 3.05) is 0 Å². The number of nitrogens with zero attached hydrogens (tertiary/aromatic N) is 2. The molecule has 3 rings (SSSR count). The van der Waals surface area contributed by atoms with E-state index < -0.39 is 0 Å². The lowest BCUT2D eigenvalue weighted by Gasteiger charge is -2.06. The van der Waals surface area contributed by atoms with Crippen LogP contribution in [0.5, 0.6) is 0 Å². The van der Waals surface area contributed by atoms with Crippen LogP contribution in [0.3, 0.4) is 0 Å². The van der Waals surface area contributed by atoms with Gasteiger partial charge in [0.2, 0.25) is 0 Å². The molecule has 1 aromatic carbocycles. The first-order chi connectivity index (χ1) is 8.24. The third kappa shape index (κ3) is 1.83. The van der Waals surface area contributed by atoms with E-state index in [1.54, 1.807) is 0 Å². The maximum absolute atomic E-state index is 4.65. The Morgan fingerprint density at radius 1 is 1.12 bits per heavy atom. The number of aromatic nitrogens is 2. The molecule has 1 aliphatic rings. The van der Waals surface area contributed by atoms with Crippen molar-refractivity contribution in [2.24, 2.45) is 0 Å². The van der Waals surface area contributed by atoms with Crippen LogP contribution in [0.4, 0.5) is 0 Å². The summed E-state index contributed by atoms with van der Waals surface area (Å²) in [6.45, 7) is 5.91. The molecule has 2 aromatic rings. The van der Waals surface area contributed by atoms with E-state index in [2.05, 4.69) is 53.4 Å². The van der Waals surface area contributed by atoms with Crippen molar-refractivity contribution in [1.82, 2.24) is 15.3 Å². The second-order valence-electron chi connectivity index (χ2n) is 4.53. The molecule has 3 nitrogen and oxygen atoms in total. The molecule has 1 aromatic heterocycles. The highest BCUT2D eigenvalue weighted by Crippen LogP contribution is 2.22. The van der Waals surface area contributed by atoms with Gasteiger partial charge in [0.1, 0.15) is 0 Å². The van der Waals surface area contributed by atoms with Crippen LogP contribution in [0.25, 0.3) is 11.4 Å². The summed E-state index contributed by atoms with van der Waals surface area (Å²) in [5.74, 6) is 0.841. The quantitative estimate of drug-likeness (QED) is 0.809. The number of nitrogens with one attached hydrogen (secondary N) is 1. The van der Waals surface area contributed by atoms with E-state index in [0.717, 1.165) is 35.9 Å². The third-order valence-electron chi connectivity index (χ3n) is 3.17. The Balaban J connectivity index is 2.13. The summed E-state index contributed by atoms with van der Waals surface area (Å²) >= 11 is 0. The van der Waals surface area contributed by atoms with Crippen LogP contribution < -0.4 is 5.32 Å². The summed E-state index contributed by atoms with van der Waals surface area (Å²) in [6, 6.07) is 8.33. The largest absolute Gasteiger partial charge is 0.307 e. The maximum atomic E-state index is 4.65. The first kappa shape index (κ1) is 10.4. The molecular weight excluding hydrogens is 210 g/mol. The van der Waals surface area contributed by atoms with Gasteiger partial charge in [0.25, 0.3) is 0 Å². The molecule has 17 heavy (non-hydrogen) atoms. The molecule has 2 heterocycles. The van der Waals surface area contributed by atoms with E-state index >= 15 is 0 Å². The van der Waals surface area contributed by atoms with Crippen LogP contribution in [0.1, 0.15) is 22.5 Å². The van der Waals surface area contributed by atoms with E-state index in [1.807, 2.05) is 0 Å². The molecular formula is C14H15N3. The number of benzene rings is 1. The van der Waals surface area contributed by atoms with Crippen LogP contribution in [-0.4, -0.2) is 9.97 Å². The van der Waals surface area contributed by atoms with Gasteiger partial charge in [0, 0.05) is 29.9 Å². The predicted molar refractivity (Wildman–Crippen MR) is 67.5 cm³/mol. The van der Waals surface area contributed by atoms with Gasteiger partial charge < -0.3 is 5.32 Å². The van der Waals surface area contributed by atoms with Gasteiger partial charge in [-0.3, -0.25) is 0 Å². The van der Waals surface area contributed by atoms with Gasteiger partial charge in [-0.2, -0.15) is 0 Å². The van der Waals surface area contributed by atoms with Gasteiger partial charge >= 0.3 is 0 Å². The zero-order valence-corrected chi connectivity index (χ0v) is 10.1. The van der Waals surface area contributed by atoms with E-state index in [1.165, 1.54) is 11.1 Å². The minimum absolute atomic E-state index is 0.841.